The summed E-state index contributed by atoms with van der Waals surface area (Å²) in [5.74, 6) is 0.0325. The molecular weight excluding hydrogens is 346 g/mol. The Hall–Kier alpha value is -1.52. The third-order valence-electron chi connectivity index (χ3n) is 2.68. The maximum Gasteiger partial charge on any atom is 0.201 e. The minimum Gasteiger partial charge on any atom is -0.382 e. The van der Waals surface area contributed by atoms with Gasteiger partial charge in [0.25, 0.3) is 0 Å². The number of ketones is 1. The van der Waals surface area contributed by atoms with Gasteiger partial charge in [-0.05, 0) is 36.4 Å². The molecule has 0 radical (unpaired) electrons. The van der Waals surface area contributed by atoms with Crippen molar-refractivity contribution < 1.29 is 4.79 Å². The lowest BCUT2D eigenvalue weighted by Gasteiger charge is -2.11. The molecule has 108 valence electrons. The van der Waals surface area contributed by atoms with Crippen LogP contribution in [0.2, 0.25) is 0 Å². The van der Waals surface area contributed by atoms with E-state index >= 15 is 0 Å². The quantitative estimate of drug-likeness (QED) is 0.432. The van der Waals surface area contributed by atoms with E-state index in [9.17, 15) is 4.79 Å². The van der Waals surface area contributed by atoms with Crippen LogP contribution in [0.15, 0.2) is 75.1 Å². The number of hydrogen-bond acceptors (Lipinski definition) is 3. The summed E-state index contributed by atoms with van der Waals surface area (Å²) in [4.78, 5) is 16.3. The summed E-state index contributed by atoms with van der Waals surface area (Å²) in [5.41, 5.74) is 0.690. The van der Waals surface area contributed by atoms with Gasteiger partial charge in [0.05, 0.1) is 4.91 Å². The van der Waals surface area contributed by atoms with Crippen LogP contribution in [0.4, 0.5) is 0 Å². The molecule has 4 heteroatoms. The molecule has 0 spiro atoms. The molecule has 0 aliphatic rings. The summed E-state index contributed by atoms with van der Waals surface area (Å²) in [6.45, 7) is 0. The predicted molar refractivity (Wildman–Crippen MR) is 92.5 cm³/mol. The van der Waals surface area contributed by atoms with Crippen molar-refractivity contribution in [3.63, 3.8) is 0 Å². The maximum absolute atomic E-state index is 12.7. The molecule has 0 bridgehead atoms. The van der Waals surface area contributed by atoms with Crippen molar-refractivity contribution in [1.29, 1.82) is 0 Å². The molecule has 0 aliphatic heterocycles. The van der Waals surface area contributed by atoms with Gasteiger partial charge in [-0.1, -0.05) is 45.9 Å². The average molecular weight is 362 g/mol. The standard InChI is InChI=1S/C17H16BrNOS/c1-19(2)12-16(21-15-6-4-3-5-7-15)17(20)13-8-10-14(18)11-9-13/h3-12H,1-2H3/b16-12-. The van der Waals surface area contributed by atoms with Crippen molar-refractivity contribution in [2.24, 2.45) is 0 Å². The lowest BCUT2D eigenvalue weighted by atomic mass is 10.1. The Morgan fingerprint density at radius 2 is 1.67 bits per heavy atom. The summed E-state index contributed by atoms with van der Waals surface area (Å²) in [5, 5.41) is 0. The minimum absolute atomic E-state index is 0.0325. The molecule has 2 nitrogen and oxygen atoms in total. The van der Waals surface area contributed by atoms with Crippen molar-refractivity contribution in [2.45, 2.75) is 4.90 Å². The smallest absolute Gasteiger partial charge is 0.201 e. The zero-order valence-electron chi connectivity index (χ0n) is 11.9. The Bertz CT molecular complexity index is 636. The summed E-state index contributed by atoms with van der Waals surface area (Å²) >= 11 is 4.87. The Morgan fingerprint density at radius 1 is 1.05 bits per heavy atom. The zero-order valence-corrected chi connectivity index (χ0v) is 14.3. The largest absolute Gasteiger partial charge is 0.382 e. The SMILES string of the molecule is CN(C)/C=C(\Sc1ccccc1)C(=O)c1ccc(Br)cc1. The van der Waals surface area contributed by atoms with Gasteiger partial charge >= 0.3 is 0 Å². The van der Waals surface area contributed by atoms with E-state index in [0.29, 0.717) is 10.5 Å². The van der Waals surface area contributed by atoms with E-state index < -0.39 is 0 Å². The van der Waals surface area contributed by atoms with Gasteiger partial charge in [0.2, 0.25) is 5.78 Å². The molecule has 0 aromatic heterocycles. The first-order valence-electron chi connectivity index (χ1n) is 6.47. The van der Waals surface area contributed by atoms with Gasteiger partial charge in [0.1, 0.15) is 0 Å². The van der Waals surface area contributed by atoms with Gasteiger partial charge in [-0.2, -0.15) is 0 Å². The first-order chi connectivity index (χ1) is 10.1. The van der Waals surface area contributed by atoms with E-state index in [0.717, 1.165) is 9.37 Å². The minimum atomic E-state index is 0.0325. The topological polar surface area (TPSA) is 20.3 Å². The Labute approximate surface area is 138 Å². The molecule has 21 heavy (non-hydrogen) atoms. The molecule has 0 heterocycles. The average Bonchev–Trinajstić information content (AvgIpc) is 2.47. The van der Waals surface area contributed by atoms with Crippen LogP contribution in [0.5, 0.6) is 0 Å². The summed E-state index contributed by atoms with van der Waals surface area (Å²) < 4.78 is 0.966. The molecule has 0 unspecified atom stereocenters. The maximum atomic E-state index is 12.7. The van der Waals surface area contributed by atoms with Crippen molar-refractivity contribution in [3.8, 4) is 0 Å². The van der Waals surface area contributed by atoms with Crippen LogP contribution in [0, 0.1) is 0 Å². The highest BCUT2D eigenvalue weighted by Gasteiger charge is 2.14. The van der Waals surface area contributed by atoms with Gasteiger partial charge in [0, 0.05) is 35.2 Å². The number of carbonyl (C=O) groups excluding carboxylic acids is 1. The fourth-order valence-electron chi connectivity index (χ4n) is 1.72. The summed E-state index contributed by atoms with van der Waals surface area (Å²) in [6.07, 6.45) is 1.86. The van der Waals surface area contributed by atoms with E-state index in [2.05, 4.69) is 15.9 Å². The van der Waals surface area contributed by atoms with Gasteiger partial charge in [0.15, 0.2) is 0 Å². The fourth-order valence-corrected chi connectivity index (χ4v) is 3.01. The molecule has 2 rings (SSSR count). The summed E-state index contributed by atoms with van der Waals surface area (Å²) in [6, 6.07) is 17.4. The molecule has 0 saturated carbocycles. The second kappa shape index (κ2) is 7.48. The summed E-state index contributed by atoms with van der Waals surface area (Å²) in [7, 11) is 3.83. The molecule has 0 atom stereocenters. The lowest BCUT2D eigenvalue weighted by Crippen LogP contribution is -2.08. The Balaban J connectivity index is 2.28. The highest BCUT2D eigenvalue weighted by atomic mass is 79.9. The van der Waals surface area contributed by atoms with Crippen LogP contribution in [0.1, 0.15) is 10.4 Å². The Kier molecular flexibility index (Phi) is 5.65. The normalized spacial score (nSPS) is 11.3. The van der Waals surface area contributed by atoms with E-state index in [1.807, 2.05) is 79.8 Å². The van der Waals surface area contributed by atoms with Crippen LogP contribution < -0.4 is 0 Å². The van der Waals surface area contributed by atoms with E-state index in [1.54, 1.807) is 0 Å². The highest BCUT2D eigenvalue weighted by Crippen LogP contribution is 2.29. The number of hydrogen-bond donors (Lipinski definition) is 0. The second-order valence-corrected chi connectivity index (χ2v) is 6.74. The molecule has 0 aliphatic carbocycles. The van der Waals surface area contributed by atoms with Crippen LogP contribution >= 0.6 is 27.7 Å². The number of benzene rings is 2. The highest BCUT2D eigenvalue weighted by molar-refractivity contribution is 9.10. The first kappa shape index (κ1) is 15.9. The molecular formula is C17H16BrNOS. The van der Waals surface area contributed by atoms with Crippen molar-refractivity contribution in [1.82, 2.24) is 4.90 Å². The van der Waals surface area contributed by atoms with Gasteiger partial charge in [-0.15, -0.1) is 0 Å². The van der Waals surface area contributed by atoms with Crippen molar-refractivity contribution in [2.75, 3.05) is 14.1 Å². The molecule has 2 aromatic carbocycles. The van der Waals surface area contributed by atoms with E-state index in [1.165, 1.54) is 11.8 Å². The number of allylic oxidation sites excluding steroid dienone is 1. The van der Waals surface area contributed by atoms with Crippen LogP contribution in [0.25, 0.3) is 0 Å². The van der Waals surface area contributed by atoms with Crippen LogP contribution in [-0.4, -0.2) is 24.8 Å². The number of thioether (sulfide) groups is 1. The molecule has 0 saturated heterocycles. The van der Waals surface area contributed by atoms with Gasteiger partial charge in [-0.3, -0.25) is 4.79 Å². The van der Waals surface area contributed by atoms with Crippen LogP contribution in [-0.2, 0) is 0 Å². The van der Waals surface area contributed by atoms with E-state index in [4.69, 9.17) is 0 Å². The van der Waals surface area contributed by atoms with Gasteiger partial charge in [-0.25, -0.2) is 0 Å². The van der Waals surface area contributed by atoms with Crippen molar-refractivity contribution in [3.05, 3.63) is 75.7 Å². The number of Topliss-reactive ketones (excluding diaryl/α,β-unsaturated/α-hetero) is 1. The monoisotopic (exact) mass is 361 g/mol. The van der Waals surface area contributed by atoms with E-state index in [-0.39, 0.29) is 5.78 Å². The number of nitrogens with zero attached hydrogens (tertiary/aromatic N) is 1. The van der Waals surface area contributed by atoms with Crippen LogP contribution in [0.3, 0.4) is 0 Å². The van der Waals surface area contributed by atoms with Gasteiger partial charge < -0.3 is 4.90 Å². The Morgan fingerprint density at radius 3 is 2.24 bits per heavy atom. The predicted octanol–water partition coefficient (Wildman–Crippen LogP) is 4.83. The molecule has 0 N–H and O–H groups in total. The third kappa shape index (κ3) is 4.76. The molecule has 2 aromatic rings. The number of rotatable bonds is 5. The molecule has 0 amide bonds. The fraction of sp³-hybridized carbons (Fsp3) is 0.118. The second-order valence-electron chi connectivity index (χ2n) is 4.71. The van der Waals surface area contributed by atoms with Crippen molar-refractivity contribution >= 4 is 33.5 Å². The number of halogens is 1. The molecule has 0 fully saturated rings. The first-order valence-corrected chi connectivity index (χ1v) is 8.08. The third-order valence-corrected chi connectivity index (χ3v) is 4.22. The lowest BCUT2D eigenvalue weighted by molar-refractivity contribution is 0.104. The zero-order chi connectivity index (χ0) is 15.2. The number of carbonyl (C=O) groups is 1.